The van der Waals surface area contributed by atoms with E-state index in [0.29, 0.717) is 23.4 Å². The van der Waals surface area contributed by atoms with Gasteiger partial charge in [0.05, 0.1) is 12.8 Å². The smallest absolute Gasteiger partial charge is 0.253 e. The highest BCUT2D eigenvalue weighted by atomic mass is 16.5. The molecular weight excluding hydrogens is 282 g/mol. The number of carbonyl (C=O) groups excluding carboxylic acids is 2. The standard InChI is InChI=1S/C16H23N3O3/c1-19(2)16(21)11-5-7-13(14(9-11)22-3)18-15(20)10-4-6-12(17)8-10/h5,7,9-10,12H,4,6,8,17H2,1-3H3,(H,18,20). The first-order valence-electron chi connectivity index (χ1n) is 7.38. The van der Waals surface area contributed by atoms with Crippen LogP contribution in [0.1, 0.15) is 29.6 Å². The molecule has 1 aromatic rings. The van der Waals surface area contributed by atoms with Crippen LogP contribution in [0.5, 0.6) is 5.75 Å². The van der Waals surface area contributed by atoms with E-state index in [9.17, 15) is 9.59 Å². The molecule has 22 heavy (non-hydrogen) atoms. The van der Waals surface area contributed by atoms with Gasteiger partial charge in [0, 0.05) is 31.6 Å². The van der Waals surface area contributed by atoms with Gasteiger partial charge in [0.1, 0.15) is 5.75 Å². The summed E-state index contributed by atoms with van der Waals surface area (Å²) in [6.07, 6.45) is 2.41. The minimum absolute atomic E-state index is 0.0436. The van der Waals surface area contributed by atoms with Crippen LogP contribution in [0.3, 0.4) is 0 Å². The number of ether oxygens (including phenoxy) is 1. The summed E-state index contributed by atoms with van der Waals surface area (Å²) < 4.78 is 5.29. The van der Waals surface area contributed by atoms with Crippen molar-refractivity contribution in [1.29, 1.82) is 0 Å². The van der Waals surface area contributed by atoms with Crippen molar-refractivity contribution in [2.45, 2.75) is 25.3 Å². The van der Waals surface area contributed by atoms with Crippen LogP contribution in [0.15, 0.2) is 18.2 Å². The Labute approximate surface area is 130 Å². The van der Waals surface area contributed by atoms with Crippen molar-refractivity contribution in [3.8, 4) is 5.75 Å². The Morgan fingerprint density at radius 2 is 2.05 bits per heavy atom. The SMILES string of the molecule is COc1cc(C(=O)N(C)C)ccc1NC(=O)C1CCC(N)C1. The highest BCUT2D eigenvalue weighted by Crippen LogP contribution is 2.29. The second kappa shape index (κ2) is 6.79. The molecular formula is C16H23N3O3. The van der Waals surface area contributed by atoms with Crippen LogP contribution in [0.25, 0.3) is 0 Å². The molecule has 0 spiro atoms. The maximum Gasteiger partial charge on any atom is 0.253 e. The average molecular weight is 305 g/mol. The molecule has 0 heterocycles. The number of hydrogen-bond donors (Lipinski definition) is 2. The van der Waals surface area contributed by atoms with E-state index in [1.54, 1.807) is 32.3 Å². The summed E-state index contributed by atoms with van der Waals surface area (Å²) in [5, 5.41) is 2.87. The molecule has 1 aliphatic carbocycles. The van der Waals surface area contributed by atoms with Gasteiger partial charge in [-0.15, -0.1) is 0 Å². The molecule has 2 atom stereocenters. The van der Waals surface area contributed by atoms with Crippen molar-refractivity contribution < 1.29 is 14.3 Å². The molecule has 2 rings (SSSR count). The number of carbonyl (C=O) groups is 2. The van der Waals surface area contributed by atoms with Crippen LogP contribution >= 0.6 is 0 Å². The Kier molecular flexibility index (Phi) is 5.03. The minimum Gasteiger partial charge on any atom is -0.495 e. The maximum atomic E-state index is 12.3. The monoisotopic (exact) mass is 305 g/mol. The number of anilines is 1. The Bertz CT molecular complexity index is 572. The lowest BCUT2D eigenvalue weighted by Crippen LogP contribution is -2.24. The van der Waals surface area contributed by atoms with Crippen LogP contribution in [0.2, 0.25) is 0 Å². The van der Waals surface area contributed by atoms with Crippen molar-refractivity contribution in [3.63, 3.8) is 0 Å². The zero-order valence-electron chi connectivity index (χ0n) is 13.3. The Hall–Kier alpha value is -2.08. The van der Waals surface area contributed by atoms with Gasteiger partial charge >= 0.3 is 0 Å². The fourth-order valence-electron chi connectivity index (χ4n) is 2.68. The lowest BCUT2D eigenvalue weighted by Gasteiger charge is -2.16. The summed E-state index contributed by atoms with van der Waals surface area (Å²) in [7, 11) is 4.89. The van der Waals surface area contributed by atoms with Gasteiger partial charge in [-0.3, -0.25) is 9.59 Å². The first kappa shape index (κ1) is 16.3. The van der Waals surface area contributed by atoms with E-state index in [-0.39, 0.29) is 23.8 Å². The average Bonchev–Trinajstić information content (AvgIpc) is 2.93. The van der Waals surface area contributed by atoms with E-state index in [1.165, 1.54) is 12.0 Å². The van der Waals surface area contributed by atoms with Crippen molar-refractivity contribution in [3.05, 3.63) is 23.8 Å². The van der Waals surface area contributed by atoms with Crippen LogP contribution < -0.4 is 15.8 Å². The second-order valence-electron chi connectivity index (χ2n) is 5.87. The summed E-state index contributed by atoms with van der Waals surface area (Å²) in [6.45, 7) is 0. The molecule has 6 nitrogen and oxygen atoms in total. The summed E-state index contributed by atoms with van der Waals surface area (Å²) in [5.74, 6) is 0.266. The fourth-order valence-corrected chi connectivity index (χ4v) is 2.68. The molecule has 0 aromatic heterocycles. The Morgan fingerprint density at radius 3 is 2.59 bits per heavy atom. The van der Waals surface area contributed by atoms with Gasteiger partial charge in [0.15, 0.2) is 0 Å². The third kappa shape index (κ3) is 3.57. The van der Waals surface area contributed by atoms with Crippen molar-refractivity contribution in [2.75, 3.05) is 26.5 Å². The molecule has 1 aromatic carbocycles. The van der Waals surface area contributed by atoms with Crippen LogP contribution in [0, 0.1) is 5.92 Å². The maximum absolute atomic E-state index is 12.3. The number of methoxy groups -OCH3 is 1. The number of nitrogens with zero attached hydrogens (tertiary/aromatic N) is 1. The molecule has 0 saturated heterocycles. The van der Waals surface area contributed by atoms with E-state index in [0.717, 1.165) is 12.8 Å². The molecule has 6 heteroatoms. The summed E-state index contributed by atoms with van der Waals surface area (Å²) >= 11 is 0. The molecule has 0 radical (unpaired) electrons. The highest BCUT2D eigenvalue weighted by molar-refractivity contribution is 5.97. The highest BCUT2D eigenvalue weighted by Gasteiger charge is 2.28. The van der Waals surface area contributed by atoms with Crippen LogP contribution in [-0.2, 0) is 4.79 Å². The topological polar surface area (TPSA) is 84.7 Å². The molecule has 2 amide bonds. The van der Waals surface area contributed by atoms with Gasteiger partial charge in [-0.1, -0.05) is 0 Å². The van der Waals surface area contributed by atoms with E-state index < -0.39 is 0 Å². The van der Waals surface area contributed by atoms with Gasteiger partial charge in [-0.2, -0.15) is 0 Å². The number of benzene rings is 1. The lowest BCUT2D eigenvalue weighted by molar-refractivity contribution is -0.119. The summed E-state index contributed by atoms with van der Waals surface area (Å²) in [4.78, 5) is 25.7. The predicted molar refractivity (Wildman–Crippen MR) is 85.0 cm³/mol. The summed E-state index contributed by atoms with van der Waals surface area (Å²) in [5.41, 5.74) is 6.94. The first-order valence-corrected chi connectivity index (χ1v) is 7.38. The Morgan fingerprint density at radius 1 is 1.32 bits per heavy atom. The van der Waals surface area contributed by atoms with Crippen molar-refractivity contribution in [1.82, 2.24) is 4.90 Å². The molecule has 3 N–H and O–H groups in total. The van der Waals surface area contributed by atoms with Crippen LogP contribution in [0.4, 0.5) is 5.69 Å². The summed E-state index contributed by atoms with van der Waals surface area (Å²) in [6, 6.07) is 5.12. The normalized spacial score (nSPS) is 20.5. The third-order valence-electron chi connectivity index (χ3n) is 3.96. The molecule has 1 fully saturated rings. The zero-order valence-corrected chi connectivity index (χ0v) is 13.3. The van der Waals surface area contributed by atoms with E-state index in [4.69, 9.17) is 10.5 Å². The molecule has 0 aliphatic heterocycles. The lowest BCUT2D eigenvalue weighted by atomic mass is 10.1. The Balaban J connectivity index is 2.14. The van der Waals surface area contributed by atoms with Gasteiger partial charge < -0.3 is 20.7 Å². The van der Waals surface area contributed by atoms with Crippen molar-refractivity contribution >= 4 is 17.5 Å². The second-order valence-corrected chi connectivity index (χ2v) is 5.87. The zero-order chi connectivity index (χ0) is 16.3. The largest absolute Gasteiger partial charge is 0.495 e. The number of rotatable bonds is 4. The predicted octanol–water partition coefficient (Wildman–Crippen LogP) is 1.46. The molecule has 1 saturated carbocycles. The van der Waals surface area contributed by atoms with Gasteiger partial charge in [-0.05, 0) is 37.5 Å². The quantitative estimate of drug-likeness (QED) is 0.882. The first-order chi connectivity index (χ1) is 10.4. The number of nitrogens with one attached hydrogen (secondary N) is 1. The van der Waals surface area contributed by atoms with Crippen LogP contribution in [-0.4, -0.2) is 44.0 Å². The number of amides is 2. The third-order valence-corrected chi connectivity index (χ3v) is 3.96. The molecule has 1 aliphatic rings. The van der Waals surface area contributed by atoms with Gasteiger partial charge in [0.25, 0.3) is 5.91 Å². The van der Waals surface area contributed by atoms with Crippen molar-refractivity contribution in [2.24, 2.45) is 11.7 Å². The fraction of sp³-hybridized carbons (Fsp3) is 0.500. The van der Waals surface area contributed by atoms with E-state index in [1.807, 2.05) is 0 Å². The van der Waals surface area contributed by atoms with E-state index in [2.05, 4.69) is 5.32 Å². The van der Waals surface area contributed by atoms with Gasteiger partial charge in [0.2, 0.25) is 5.91 Å². The van der Waals surface area contributed by atoms with Gasteiger partial charge in [-0.25, -0.2) is 0 Å². The number of nitrogens with two attached hydrogens (primary N) is 1. The van der Waals surface area contributed by atoms with E-state index >= 15 is 0 Å². The number of hydrogen-bond acceptors (Lipinski definition) is 4. The molecule has 120 valence electrons. The molecule has 0 bridgehead atoms. The molecule has 2 unspecified atom stereocenters. The minimum atomic E-state index is -0.113.